The number of halogens is 3. The summed E-state index contributed by atoms with van der Waals surface area (Å²) in [7, 11) is -5.26. The Kier molecular flexibility index (Phi) is 7.04. The fourth-order valence-electron chi connectivity index (χ4n) is 2.75. The highest BCUT2D eigenvalue weighted by atomic mass is 32.2. The van der Waals surface area contributed by atoms with Gasteiger partial charge in [0.1, 0.15) is 0 Å². The van der Waals surface area contributed by atoms with E-state index in [9.17, 15) is 21.6 Å². The number of guanidine groups is 1. The van der Waals surface area contributed by atoms with E-state index < -0.39 is 15.5 Å². The van der Waals surface area contributed by atoms with Crippen molar-refractivity contribution in [2.24, 2.45) is 4.99 Å². The third-order valence-corrected chi connectivity index (χ3v) is 5.75. The molecule has 27 heavy (non-hydrogen) atoms. The molecule has 2 heterocycles. The zero-order valence-corrected chi connectivity index (χ0v) is 16.1. The molecule has 0 amide bonds. The average Bonchev–Trinajstić information content (AvgIpc) is 2.59. The Labute approximate surface area is 157 Å². The second-order valence-electron chi connectivity index (χ2n) is 6.23. The molecule has 0 saturated carbocycles. The van der Waals surface area contributed by atoms with E-state index in [1.165, 1.54) is 0 Å². The largest absolute Gasteiger partial charge is 0.511 e. The molecule has 1 aromatic heterocycles. The Balaban J connectivity index is 1.95. The zero-order valence-electron chi connectivity index (χ0n) is 15.3. The van der Waals surface area contributed by atoms with Crippen molar-refractivity contribution in [3.05, 3.63) is 29.6 Å². The number of nitrogens with one attached hydrogen (secondary N) is 2. The molecular weight excluding hydrogens is 383 g/mol. The lowest BCUT2D eigenvalue weighted by atomic mass is 10.1. The predicted molar refractivity (Wildman–Crippen MR) is 96.5 cm³/mol. The summed E-state index contributed by atoms with van der Waals surface area (Å²) in [6.45, 7) is 4.41. The summed E-state index contributed by atoms with van der Waals surface area (Å²) in [6.07, 6.45) is 0.533. The number of aromatic nitrogens is 1. The first kappa shape index (κ1) is 21.4. The van der Waals surface area contributed by atoms with Crippen molar-refractivity contribution in [1.29, 1.82) is 0 Å². The second-order valence-corrected chi connectivity index (χ2v) is 8.16. The normalized spacial score (nSPS) is 17.7. The molecule has 1 aliphatic rings. The molecule has 0 radical (unpaired) electrons. The molecule has 1 aromatic rings. The molecule has 0 atom stereocenters. The van der Waals surface area contributed by atoms with E-state index in [0.717, 1.165) is 11.4 Å². The maximum Gasteiger partial charge on any atom is 0.511 e. The summed E-state index contributed by atoms with van der Waals surface area (Å²) >= 11 is 0. The molecule has 2 rings (SSSR count). The number of nitrogens with zero attached hydrogens (tertiary/aromatic N) is 3. The summed E-state index contributed by atoms with van der Waals surface area (Å²) in [6, 6.07) is 5.48. The van der Waals surface area contributed by atoms with Gasteiger partial charge < -0.3 is 10.6 Å². The van der Waals surface area contributed by atoms with E-state index in [4.69, 9.17) is 0 Å². The first-order valence-electron chi connectivity index (χ1n) is 8.67. The molecule has 1 aliphatic heterocycles. The van der Waals surface area contributed by atoms with Crippen LogP contribution < -0.4 is 10.6 Å². The topological polar surface area (TPSA) is 86.7 Å². The van der Waals surface area contributed by atoms with Crippen LogP contribution in [0.3, 0.4) is 0 Å². The number of aryl methyl sites for hydroxylation is 1. The van der Waals surface area contributed by atoms with Gasteiger partial charge in [-0.25, -0.2) is 13.4 Å². The number of piperidine rings is 1. The standard InChI is InChI=1S/C16H24F3N5O2S/c1-3-20-15(21-11-14-6-4-5-12(2)22-14)23-13-7-9-24(10-8-13)27(25,26)16(17,18)19/h4-6,13H,3,7-11H2,1-2H3,(H2,20,21,23). The number of pyridine rings is 1. The molecule has 11 heteroatoms. The molecule has 0 unspecified atom stereocenters. The van der Waals surface area contributed by atoms with Gasteiger partial charge in [-0.3, -0.25) is 4.98 Å². The average molecular weight is 407 g/mol. The van der Waals surface area contributed by atoms with Gasteiger partial charge in [0.05, 0.1) is 12.2 Å². The number of rotatable bonds is 5. The minimum Gasteiger partial charge on any atom is -0.357 e. The van der Waals surface area contributed by atoms with Crippen molar-refractivity contribution in [3.63, 3.8) is 0 Å². The highest BCUT2D eigenvalue weighted by Crippen LogP contribution is 2.28. The fraction of sp³-hybridized carbons (Fsp3) is 0.625. The Bertz CT molecular complexity index is 760. The molecular formula is C16H24F3N5O2S. The zero-order chi connectivity index (χ0) is 20.1. The minimum atomic E-state index is -5.26. The third-order valence-electron chi connectivity index (χ3n) is 4.12. The Morgan fingerprint density at radius 3 is 2.56 bits per heavy atom. The molecule has 0 aliphatic carbocycles. The third kappa shape index (κ3) is 5.80. The maximum atomic E-state index is 12.6. The van der Waals surface area contributed by atoms with Crippen LogP contribution in [0.15, 0.2) is 23.2 Å². The van der Waals surface area contributed by atoms with Crippen molar-refractivity contribution >= 4 is 16.0 Å². The summed E-state index contributed by atoms with van der Waals surface area (Å²) < 4.78 is 61.3. The van der Waals surface area contributed by atoms with E-state index >= 15 is 0 Å². The van der Waals surface area contributed by atoms with Gasteiger partial charge in [-0.1, -0.05) is 6.07 Å². The van der Waals surface area contributed by atoms with Gasteiger partial charge in [0.15, 0.2) is 5.96 Å². The molecule has 0 spiro atoms. The van der Waals surface area contributed by atoms with Gasteiger partial charge in [0.2, 0.25) is 0 Å². The number of alkyl halides is 3. The number of aliphatic imine (C=N–C) groups is 1. The summed E-state index contributed by atoms with van der Waals surface area (Å²) in [5.41, 5.74) is -3.57. The number of hydrogen-bond donors (Lipinski definition) is 2. The van der Waals surface area contributed by atoms with Crippen molar-refractivity contribution < 1.29 is 21.6 Å². The second kappa shape index (κ2) is 8.87. The van der Waals surface area contributed by atoms with Crippen LogP contribution in [-0.2, 0) is 16.6 Å². The smallest absolute Gasteiger partial charge is 0.357 e. The van der Waals surface area contributed by atoms with Crippen LogP contribution in [0, 0.1) is 6.92 Å². The monoisotopic (exact) mass is 407 g/mol. The highest BCUT2D eigenvalue weighted by Gasteiger charge is 2.50. The van der Waals surface area contributed by atoms with Crippen LogP contribution in [0.4, 0.5) is 13.2 Å². The van der Waals surface area contributed by atoms with Crippen molar-refractivity contribution in [2.45, 2.75) is 44.8 Å². The summed E-state index contributed by atoms with van der Waals surface area (Å²) in [5.74, 6) is 0.526. The quantitative estimate of drug-likeness (QED) is 0.574. The van der Waals surface area contributed by atoms with Crippen molar-refractivity contribution in [3.8, 4) is 0 Å². The van der Waals surface area contributed by atoms with Crippen LogP contribution in [0.5, 0.6) is 0 Å². The van der Waals surface area contributed by atoms with Crippen molar-refractivity contribution in [2.75, 3.05) is 19.6 Å². The minimum absolute atomic E-state index is 0.159. The number of sulfonamides is 1. The first-order chi connectivity index (χ1) is 12.6. The lowest BCUT2D eigenvalue weighted by Crippen LogP contribution is -2.51. The van der Waals surface area contributed by atoms with E-state index in [1.54, 1.807) is 0 Å². The lowest BCUT2D eigenvalue weighted by molar-refractivity contribution is -0.0494. The van der Waals surface area contributed by atoms with E-state index in [-0.39, 0.29) is 32.0 Å². The molecule has 0 aromatic carbocycles. The van der Waals surface area contributed by atoms with Gasteiger partial charge >= 0.3 is 15.5 Å². The van der Waals surface area contributed by atoms with Crippen LogP contribution in [0.2, 0.25) is 0 Å². The maximum absolute atomic E-state index is 12.6. The molecule has 0 bridgehead atoms. The fourth-order valence-corrected chi connectivity index (χ4v) is 3.73. The van der Waals surface area contributed by atoms with Crippen LogP contribution in [-0.4, -0.2) is 54.9 Å². The van der Waals surface area contributed by atoms with Crippen LogP contribution >= 0.6 is 0 Å². The SMILES string of the molecule is CCNC(=NCc1cccc(C)n1)NC1CCN(S(=O)(=O)C(F)(F)F)CC1. The van der Waals surface area contributed by atoms with E-state index in [2.05, 4.69) is 20.6 Å². The molecule has 1 saturated heterocycles. The molecule has 2 N–H and O–H groups in total. The summed E-state index contributed by atoms with van der Waals surface area (Å²) in [4.78, 5) is 8.82. The lowest BCUT2D eigenvalue weighted by Gasteiger charge is -2.32. The predicted octanol–water partition coefficient (Wildman–Crippen LogP) is 1.76. The molecule has 1 fully saturated rings. The van der Waals surface area contributed by atoms with Gasteiger partial charge in [-0.05, 0) is 38.8 Å². The van der Waals surface area contributed by atoms with Crippen molar-refractivity contribution in [1.82, 2.24) is 19.9 Å². The summed E-state index contributed by atoms with van der Waals surface area (Å²) in [5, 5.41) is 6.24. The van der Waals surface area contributed by atoms with Gasteiger partial charge in [-0.15, -0.1) is 0 Å². The Hall–Kier alpha value is -1.88. The van der Waals surface area contributed by atoms with Gasteiger partial charge in [0.25, 0.3) is 0 Å². The van der Waals surface area contributed by atoms with E-state index in [0.29, 0.717) is 23.4 Å². The highest BCUT2D eigenvalue weighted by molar-refractivity contribution is 7.90. The number of hydrogen-bond acceptors (Lipinski definition) is 4. The van der Waals surface area contributed by atoms with Gasteiger partial charge in [0, 0.05) is 31.4 Å². The van der Waals surface area contributed by atoms with E-state index in [1.807, 2.05) is 32.0 Å². The van der Waals surface area contributed by atoms with Gasteiger partial charge in [-0.2, -0.15) is 17.5 Å². The van der Waals surface area contributed by atoms with Crippen LogP contribution in [0.1, 0.15) is 31.2 Å². The van der Waals surface area contributed by atoms with Crippen LogP contribution in [0.25, 0.3) is 0 Å². The Morgan fingerprint density at radius 2 is 2.00 bits per heavy atom. The Morgan fingerprint density at radius 1 is 1.33 bits per heavy atom. The molecule has 152 valence electrons. The first-order valence-corrected chi connectivity index (χ1v) is 10.1. The molecule has 7 nitrogen and oxygen atoms in total.